The second-order valence-electron chi connectivity index (χ2n) is 4.09. The molecule has 0 aliphatic heterocycles. The summed E-state index contributed by atoms with van der Waals surface area (Å²) in [5, 5.41) is 11.2. The van der Waals surface area contributed by atoms with Gasteiger partial charge in [0, 0.05) is 10.2 Å². The van der Waals surface area contributed by atoms with Crippen molar-refractivity contribution in [1.29, 1.82) is 0 Å². The van der Waals surface area contributed by atoms with Crippen molar-refractivity contribution in [3.05, 3.63) is 62.8 Å². The first-order chi connectivity index (χ1) is 9.88. The second-order valence-corrected chi connectivity index (χ2v) is 5.41. The number of rotatable bonds is 3. The van der Waals surface area contributed by atoms with Crippen LogP contribution in [0.4, 0.5) is 10.1 Å². The number of nitrogens with one attached hydrogen (secondary N) is 1. The van der Waals surface area contributed by atoms with E-state index in [-0.39, 0.29) is 21.8 Å². The molecule has 4 nitrogen and oxygen atoms in total. The molecule has 2 N–H and O–H groups in total. The number of aromatic carboxylic acids is 1. The predicted octanol–water partition coefficient (Wildman–Crippen LogP) is 4.19. The SMILES string of the molecule is O=C(O)c1cc(Br)cc(NC(=O)c2cccc(Cl)c2F)c1. The number of carbonyl (C=O) groups is 2. The van der Waals surface area contributed by atoms with Crippen LogP contribution in [0, 0.1) is 5.82 Å². The average molecular weight is 373 g/mol. The summed E-state index contributed by atoms with van der Waals surface area (Å²) in [6.45, 7) is 0. The molecule has 21 heavy (non-hydrogen) atoms. The van der Waals surface area contributed by atoms with Gasteiger partial charge in [-0.1, -0.05) is 33.6 Å². The van der Waals surface area contributed by atoms with Gasteiger partial charge in [0.25, 0.3) is 5.91 Å². The van der Waals surface area contributed by atoms with Gasteiger partial charge in [0.2, 0.25) is 0 Å². The normalized spacial score (nSPS) is 10.2. The van der Waals surface area contributed by atoms with Gasteiger partial charge >= 0.3 is 5.97 Å². The highest BCUT2D eigenvalue weighted by Gasteiger charge is 2.15. The molecular weight excluding hydrogens is 365 g/mol. The third-order valence-corrected chi connectivity index (χ3v) is 3.35. The molecule has 0 bridgehead atoms. The number of hydrogen-bond donors (Lipinski definition) is 2. The van der Waals surface area contributed by atoms with Crippen molar-refractivity contribution in [3.63, 3.8) is 0 Å². The van der Waals surface area contributed by atoms with Crippen LogP contribution in [0.25, 0.3) is 0 Å². The van der Waals surface area contributed by atoms with E-state index in [2.05, 4.69) is 21.2 Å². The highest BCUT2D eigenvalue weighted by Crippen LogP contribution is 2.22. The zero-order valence-corrected chi connectivity index (χ0v) is 12.7. The zero-order chi connectivity index (χ0) is 15.6. The smallest absolute Gasteiger partial charge is 0.335 e. The Kier molecular flexibility index (Phi) is 4.59. The van der Waals surface area contributed by atoms with E-state index in [4.69, 9.17) is 16.7 Å². The number of hydrogen-bond acceptors (Lipinski definition) is 2. The van der Waals surface area contributed by atoms with Crippen molar-refractivity contribution in [3.8, 4) is 0 Å². The lowest BCUT2D eigenvalue weighted by Gasteiger charge is -2.08. The first kappa shape index (κ1) is 15.5. The van der Waals surface area contributed by atoms with Crippen LogP contribution in [-0.2, 0) is 0 Å². The highest BCUT2D eigenvalue weighted by atomic mass is 79.9. The molecule has 0 aliphatic rings. The van der Waals surface area contributed by atoms with Gasteiger partial charge in [0.1, 0.15) is 0 Å². The van der Waals surface area contributed by atoms with Gasteiger partial charge in [-0.15, -0.1) is 0 Å². The molecule has 0 saturated heterocycles. The Morgan fingerprint density at radius 3 is 2.62 bits per heavy atom. The third kappa shape index (κ3) is 3.59. The fourth-order valence-corrected chi connectivity index (χ4v) is 2.33. The van der Waals surface area contributed by atoms with E-state index < -0.39 is 17.7 Å². The van der Waals surface area contributed by atoms with Crippen molar-refractivity contribution >= 4 is 45.1 Å². The van der Waals surface area contributed by atoms with Crippen LogP contribution in [0.1, 0.15) is 20.7 Å². The quantitative estimate of drug-likeness (QED) is 0.849. The Bertz CT molecular complexity index is 736. The predicted molar refractivity (Wildman–Crippen MR) is 80.5 cm³/mol. The first-order valence-electron chi connectivity index (χ1n) is 5.67. The molecule has 7 heteroatoms. The summed E-state index contributed by atoms with van der Waals surface area (Å²) in [7, 11) is 0. The number of anilines is 1. The van der Waals surface area contributed by atoms with Gasteiger partial charge in [-0.2, -0.15) is 0 Å². The van der Waals surface area contributed by atoms with Crippen LogP contribution >= 0.6 is 27.5 Å². The van der Waals surface area contributed by atoms with Crippen LogP contribution in [0.3, 0.4) is 0 Å². The molecule has 0 aromatic heterocycles. The lowest BCUT2D eigenvalue weighted by molar-refractivity contribution is 0.0696. The van der Waals surface area contributed by atoms with Crippen LogP contribution in [0.2, 0.25) is 5.02 Å². The minimum Gasteiger partial charge on any atom is -0.478 e. The third-order valence-electron chi connectivity index (χ3n) is 2.60. The monoisotopic (exact) mass is 371 g/mol. The topological polar surface area (TPSA) is 66.4 Å². The van der Waals surface area contributed by atoms with Crippen molar-refractivity contribution in [2.24, 2.45) is 0 Å². The van der Waals surface area contributed by atoms with Gasteiger partial charge in [-0.25, -0.2) is 9.18 Å². The fourth-order valence-electron chi connectivity index (χ4n) is 1.66. The summed E-state index contributed by atoms with van der Waals surface area (Å²) in [4.78, 5) is 23.0. The van der Waals surface area contributed by atoms with Crippen LogP contribution in [0.5, 0.6) is 0 Å². The van der Waals surface area contributed by atoms with Crippen molar-refractivity contribution in [2.75, 3.05) is 5.32 Å². The molecule has 0 aliphatic carbocycles. The zero-order valence-electron chi connectivity index (χ0n) is 10.4. The molecule has 2 aromatic carbocycles. The number of benzene rings is 2. The maximum atomic E-state index is 13.7. The number of carboxylic acid groups (broad SMARTS) is 1. The molecular formula is C14H8BrClFNO3. The van der Waals surface area contributed by atoms with Gasteiger partial charge in [0.05, 0.1) is 16.1 Å². The summed E-state index contributed by atoms with van der Waals surface area (Å²) in [5.41, 5.74) is -0.00302. The van der Waals surface area contributed by atoms with Gasteiger partial charge in [0.15, 0.2) is 5.82 Å². The molecule has 0 heterocycles. The number of carboxylic acids is 1. The fraction of sp³-hybridized carbons (Fsp3) is 0. The minimum atomic E-state index is -1.14. The largest absolute Gasteiger partial charge is 0.478 e. The van der Waals surface area contributed by atoms with E-state index >= 15 is 0 Å². The Balaban J connectivity index is 2.31. The maximum Gasteiger partial charge on any atom is 0.335 e. The molecule has 0 atom stereocenters. The highest BCUT2D eigenvalue weighted by molar-refractivity contribution is 9.10. The number of carbonyl (C=O) groups excluding carboxylic acids is 1. The van der Waals surface area contributed by atoms with Gasteiger partial charge in [-0.05, 0) is 30.3 Å². The molecule has 0 unspecified atom stereocenters. The maximum absolute atomic E-state index is 13.7. The molecule has 0 spiro atoms. The van der Waals surface area contributed by atoms with E-state index in [1.54, 1.807) is 0 Å². The van der Waals surface area contributed by atoms with E-state index in [0.29, 0.717) is 4.47 Å². The summed E-state index contributed by atoms with van der Waals surface area (Å²) in [5.74, 6) is -2.68. The Hall–Kier alpha value is -1.92. The molecule has 108 valence electrons. The molecule has 0 radical (unpaired) electrons. The van der Waals surface area contributed by atoms with E-state index in [0.717, 1.165) is 0 Å². The van der Waals surface area contributed by atoms with Crippen molar-refractivity contribution in [1.82, 2.24) is 0 Å². The van der Waals surface area contributed by atoms with Crippen LogP contribution in [-0.4, -0.2) is 17.0 Å². The summed E-state index contributed by atoms with van der Waals surface area (Å²) in [6, 6.07) is 8.23. The van der Waals surface area contributed by atoms with Crippen LogP contribution in [0.15, 0.2) is 40.9 Å². The van der Waals surface area contributed by atoms with Gasteiger partial charge < -0.3 is 10.4 Å². The minimum absolute atomic E-state index is 0.00811. The van der Waals surface area contributed by atoms with E-state index in [9.17, 15) is 14.0 Å². The Morgan fingerprint density at radius 1 is 1.24 bits per heavy atom. The number of amides is 1. The standard InChI is InChI=1S/C14H8BrClFNO3/c15-8-4-7(14(20)21)5-9(6-8)18-13(19)10-2-1-3-11(16)12(10)17/h1-6H,(H,18,19)(H,20,21). The van der Waals surface area contributed by atoms with Gasteiger partial charge in [-0.3, -0.25) is 4.79 Å². The summed E-state index contributed by atoms with van der Waals surface area (Å²) < 4.78 is 14.2. The molecule has 2 rings (SSSR count). The summed E-state index contributed by atoms with van der Waals surface area (Å²) in [6.07, 6.45) is 0. The Morgan fingerprint density at radius 2 is 1.95 bits per heavy atom. The lowest BCUT2D eigenvalue weighted by atomic mass is 10.1. The van der Waals surface area contributed by atoms with E-state index in [1.165, 1.54) is 36.4 Å². The molecule has 1 amide bonds. The molecule has 0 fully saturated rings. The molecule has 0 saturated carbocycles. The van der Waals surface area contributed by atoms with E-state index in [1.807, 2.05) is 0 Å². The molecule has 2 aromatic rings. The van der Waals surface area contributed by atoms with Crippen molar-refractivity contribution in [2.45, 2.75) is 0 Å². The average Bonchev–Trinajstić information content (AvgIpc) is 2.41. The lowest BCUT2D eigenvalue weighted by Crippen LogP contribution is -2.14. The second kappa shape index (κ2) is 6.24. The first-order valence-corrected chi connectivity index (χ1v) is 6.85. The summed E-state index contributed by atoms with van der Waals surface area (Å²) >= 11 is 8.76. The van der Waals surface area contributed by atoms with Crippen LogP contribution < -0.4 is 5.32 Å². The Labute approximate surface area is 132 Å². The number of halogens is 3. The van der Waals surface area contributed by atoms with Crippen molar-refractivity contribution < 1.29 is 19.1 Å².